The lowest BCUT2D eigenvalue weighted by Crippen LogP contribution is -2.33. The van der Waals surface area contributed by atoms with Gasteiger partial charge in [-0.25, -0.2) is 14.8 Å². The van der Waals surface area contributed by atoms with E-state index in [1.807, 2.05) is 55.5 Å². The molecule has 29 heavy (non-hydrogen) atoms. The van der Waals surface area contributed by atoms with Crippen molar-refractivity contribution < 1.29 is 9.90 Å². The highest BCUT2D eigenvalue weighted by molar-refractivity contribution is 5.74. The van der Waals surface area contributed by atoms with Crippen molar-refractivity contribution in [1.29, 1.82) is 0 Å². The summed E-state index contributed by atoms with van der Waals surface area (Å²) in [6, 6.07) is 18.0. The van der Waals surface area contributed by atoms with E-state index in [1.165, 1.54) is 10.5 Å². The minimum atomic E-state index is -0.870. The Hall–Kier alpha value is -3.67. The molecule has 2 N–H and O–H groups in total. The number of amides is 1. The number of nitrogens with zero attached hydrogens (tertiary/aromatic N) is 3. The molecule has 4 rings (SSSR count). The SMILES string of the molecule is Cc1ccnc(Nc2cccc(-c3cccc(C4=CCN(C(=O)O)CC4)c3)n2)c1. The topological polar surface area (TPSA) is 78.4 Å². The second-order valence-electron chi connectivity index (χ2n) is 7.04. The second-order valence-corrected chi connectivity index (χ2v) is 7.04. The summed E-state index contributed by atoms with van der Waals surface area (Å²) in [4.78, 5) is 21.6. The Morgan fingerprint density at radius 2 is 1.90 bits per heavy atom. The molecule has 0 saturated heterocycles. The van der Waals surface area contributed by atoms with Crippen LogP contribution in [0, 0.1) is 6.92 Å². The van der Waals surface area contributed by atoms with Gasteiger partial charge in [0.2, 0.25) is 0 Å². The summed E-state index contributed by atoms with van der Waals surface area (Å²) < 4.78 is 0. The molecule has 0 unspecified atom stereocenters. The van der Waals surface area contributed by atoms with Crippen molar-refractivity contribution in [2.24, 2.45) is 0 Å². The molecule has 1 aliphatic heterocycles. The Labute approximate surface area is 169 Å². The number of nitrogens with one attached hydrogen (secondary N) is 1. The van der Waals surface area contributed by atoms with Crippen molar-refractivity contribution >= 4 is 23.3 Å². The molecular formula is C23H22N4O2. The first-order valence-electron chi connectivity index (χ1n) is 9.53. The lowest BCUT2D eigenvalue weighted by molar-refractivity contribution is 0.150. The Kier molecular flexibility index (Phi) is 5.24. The van der Waals surface area contributed by atoms with Gasteiger partial charge in [0, 0.05) is 24.8 Å². The fraction of sp³-hybridized carbons (Fsp3) is 0.174. The summed E-state index contributed by atoms with van der Waals surface area (Å²) in [6.45, 7) is 2.97. The Morgan fingerprint density at radius 1 is 1.07 bits per heavy atom. The molecule has 146 valence electrons. The number of hydrogen-bond donors (Lipinski definition) is 2. The van der Waals surface area contributed by atoms with Crippen molar-refractivity contribution in [2.45, 2.75) is 13.3 Å². The first kappa shape index (κ1) is 18.7. The molecular weight excluding hydrogens is 364 g/mol. The maximum Gasteiger partial charge on any atom is 0.407 e. The van der Waals surface area contributed by atoms with Gasteiger partial charge in [-0.1, -0.05) is 30.3 Å². The number of anilines is 2. The Bertz CT molecular complexity index is 1080. The third kappa shape index (κ3) is 4.43. The van der Waals surface area contributed by atoms with Crippen LogP contribution in [0.1, 0.15) is 17.5 Å². The van der Waals surface area contributed by atoms with Crippen molar-refractivity contribution in [1.82, 2.24) is 14.9 Å². The first-order chi connectivity index (χ1) is 14.1. The zero-order chi connectivity index (χ0) is 20.2. The van der Waals surface area contributed by atoms with Gasteiger partial charge in [0.05, 0.1) is 5.69 Å². The molecule has 0 radical (unpaired) electrons. The normalized spacial score (nSPS) is 13.7. The fourth-order valence-electron chi connectivity index (χ4n) is 3.38. The van der Waals surface area contributed by atoms with Gasteiger partial charge in [0.15, 0.2) is 0 Å². The molecule has 6 heteroatoms. The van der Waals surface area contributed by atoms with Gasteiger partial charge in [0.1, 0.15) is 11.6 Å². The van der Waals surface area contributed by atoms with Crippen molar-refractivity contribution in [3.63, 3.8) is 0 Å². The van der Waals surface area contributed by atoms with E-state index in [2.05, 4.69) is 22.4 Å². The van der Waals surface area contributed by atoms with Crippen LogP contribution < -0.4 is 5.32 Å². The highest BCUT2D eigenvalue weighted by Gasteiger charge is 2.17. The van der Waals surface area contributed by atoms with Crippen LogP contribution >= 0.6 is 0 Å². The summed E-state index contributed by atoms with van der Waals surface area (Å²) in [5.74, 6) is 1.50. The summed E-state index contributed by atoms with van der Waals surface area (Å²) in [5, 5.41) is 12.4. The van der Waals surface area contributed by atoms with Gasteiger partial charge in [-0.3, -0.25) is 0 Å². The van der Waals surface area contributed by atoms with E-state index >= 15 is 0 Å². The molecule has 0 atom stereocenters. The van der Waals surface area contributed by atoms with Crippen LogP contribution in [0.25, 0.3) is 16.8 Å². The number of rotatable bonds is 4. The predicted molar refractivity (Wildman–Crippen MR) is 114 cm³/mol. The third-order valence-corrected chi connectivity index (χ3v) is 4.93. The minimum Gasteiger partial charge on any atom is -0.465 e. The number of pyridine rings is 2. The van der Waals surface area contributed by atoms with Crippen LogP contribution in [0.5, 0.6) is 0 Å². The molecule has 3 aromatic rings. The molecule has 3 heterocycles. The number of benzene rings is 1. The maximum atomic E-state index is 11.1. The van der Waals surface area contributed by atoms with Gasteiger partial charge >= 0.3 is 6.09 Å². The molecule has 1 aliphatic rings. The number of carboxylic acid groups (broad SMARTS) is 1. The van der Waals surface area contributed by atoms with Crippen molar-refractivity contribution in [3.05, 3.63) is 78.0 Å². The number of aryl methyl sites for hydroxylation is 1. The van der Waals surface area contributed by atoms with Gasteiger partial charge in [-0.05, 0) is 60.4 Å². The lowest BCUT2D eigenvalue weighted by Gasteiger charge is -2.24. The van der Waals surface area contributed by atoms with E-state index in [4.69, 9.17) is 10.1 Å². The van der Waals surface area contributed by atoms with Gasteiger partial charge < -0.3 is 15.3 Å². The molecule has 1 amide bonds. The number of hydrogen-bond acceptors (Lipinski definition) is 4. The molecule has 1 aromatic carbocycles. The summed E-state index contributed by atoms with van der Waals surface area (Å²) in [7, 11) is 0. The zero-order valence-corrected chi connectivity index (χ0v) is 16.2. The second kappa shape index (κ2) is 8.14. The van der Waals surface area contributed by atoms with Crippen LogP contribution in [0.15, 0.2) is 66.9 Å². The predicted octanol–water partition coefficient (Wildman–Crippen LogP) is 4.96. The quantitative estimate of drug-likeness (QED) is 0.662. The fourth-order valence-corrected chi connectivity index (χ4v) is 3.38. The standard InChI is InChI=1S/C23H22N4O2/c1-16-8-11-24-22(14-16)26-21-7-3-6-20(25-21)19-5-2-4-18(15-19)17-9-12-27(13-10-17)23(28)29/h2-9,11,14-15H,10,12-13H2,1H3,(H,28,29)(H,24,25,26). The van der Waals surface area contributed by atoms with Crippen LogP contribution in [-0.2, 0) is 0 Å². The molecule has 0 spiro atoms. The third-order valence-electron chi connectivity index (χ3n) is 4.93. The van der Waals surface area contributed by atoms with Crippen LogP contribution in [0.3, 0.4) is 0 Å². The van der Waals surface area contributed by atoms with E-state index in [0.717, 1.165) is 34.0 Å². The zero-order valence-electron chi connectivity index (χ0n) is 16.2. The number of aromatic nitrogens is 2. The molecule has 0 bridgehead atoms. The molecule has 0 aliphatic carbocycles. The largest absolute Gasteiger partial charge is 0.465 e. The van der Waals surface area contributed by atoms with E-state index < -0.39 is 6.09 Å². The van der Waals surface area contributed by atoms with E-state index in [9.17, 15) is 4.79 Å². The maximum absolute atomic E-state index is 11.1. The van der Waals surface area contributed by atoms with E-state index in [0.29, 0.717) is 19.5 Å². The summed E-state index contributed by atoms with van der Waals surface area (Å²) in [6.07, 6.45) is 3.61. The van der Waals surface area contributed by atoms with E-state index in [1.54, 1.807) is 6.20 Å². The Balaban J connectivity index is 1.56. The van der Waals surface area contributed by atoms with Crippen LogP contribution in [0.2, 0.25) is 0 Å². The smallest absolute Gasteiger partial charge is 0.407 e. The van der Waals surface area contributed by atoms with Crippen LogP contribution in [0.4, 0.5) is 16.4 Å². The van der Waals surface area contributed by atoms with Crippen LogP contribution in [-0.4, -0.2) is 39.2 Å². The molecule has 2 aromatic heterocycles. The van der Waals surface area contributed by atoms with Crippen molar-refractivity contribution in [3.8, 4) is 11.3 Å². The summed E-state index contributed by atoms with van der Waals surface area (Å²) >= 11 is 0. The van der Waals surface area contributed by atoms with Gasteiger partial charge in [-0.15, -0.1) is 0 Å². The summed E-state index contributed by atoms with van der Waals surface area (Å²) in [5.41, 5.74) is 5.29. The highest BCUT2D eigenvalue weighted by Crippen LogP contribution is 2.27. The van der Waals surface area contributed by atoms with Gasteiger partial charge in [-0.2, -0.15) is 0 Å². The molecule has 0 fully saturated rings. The first-order valence-corrected chi connectivity index (χ1v) is 9.53. The van der Waals surface area contributed by atoms with E-state index in [-0.39, 0.29) is 0 Å². The number of carbonyl (C=O) groups is 1. The van der Waals surface area contributed by atoms with Gasteiger partial charge in [0.25, 0.3) is 0 Å². The molecule has 6 nitrogen and oxygen atoms in total. The average molecular weight is 386 g/mol. The Morgan fingerprint density at radius 3 is 2.66 bits per heavy atom. The lowest BCUT2D eigenvalue weighted by atomic mass is 9.97. The highest BCUT2D eigenvalue weighted by atomic mass is 16.4. The molecule has 0 saturated carbocycles. The average Bonchev–Trinajstić information content (AvgIpc) is 2.74. The minimum absolute atomic E-state index is 0.427. The monoisotopic (exact) mass is 386 g/mol. The van der Waals surface area contributed by atoms with Crippen molar-refractivity contribution in [2.75, 3.05) is 18.4 Å².